The second-order valence-electron chi connectivity index (χ2n) is 4.88. The van der Waals surface area contributed by atoms with Gasteiger partial charge in [0.15, 0.2) is 0 Å². The average Bonchev–Trinajstić information content (AvgIpc) is 2.53. The Morgan fingerprint density at radius 3 is 1.90 bits per heavy atom. The van der Waals surface area contributed by atoms with Gasteiger partial charge in [0.2, 0.25) is 8.32 Å². The van der Waals surface area contributed by atoms with Crippen LogP contribution in [0.2, 0.25) is 18.1 Å². The van der Waals surface area contributed by atoms with Crippen LogP contribution >= 0.6 is 0 Å². The van der Waals surface area contributed by atoms with E-state index in [1.165, 1.54) is 24.2 Å². The number of hydrogen-bond donors (Lipinski definition) is 0. The molecule has 0 saturated carbocycles. The molecule has 0 fully saturated rings. The summed E-state index contributed by atoms with van der Waals surface area (Å²) in [5.74, 6) is 0. The minimum atomic E-state index is -1.40. The van der Waals surface area contributed by atoms with Gasteiger partial charge in [-0.25, -0.2) is 0 Å². The van der Waals surface area contributed by atoms with Crippen molar-refractivity contribution in [1.29, 1.82) is 0 Å². The van der Waals surface area contributed by atoms with E-state index in [1.807, 2.05) is 18.4 Å². The molecule has 0 N–H and O–H groups in total. The largest absolute Gasteiger partial charge is 0.549 e. The summed E-state index contributed by atoms with van der Waals surface area (Å²) in [5.41, 5.74) is 0. The fraction of sp³-hybridized carbons (Fsp3) is 0.611. The minimum absolute atomic E-state index is 0.801. The molecule has 0 atom stereocenters. The topological polar surface area (TPSA) is 26.3 Å². The fourth-order valence-electron chi connectivity index (χ4n) is 1.76. The monoisotopic (exact) mass is 310 g/mol. The van der Waals surface area contributed by atoms with E-state index in [4.69, 9.17) is 4.43 Å². The fourth-order valence-corrected chi connectivity index (χ4v) is 4.13. The first-order chi connectivity index (χ1) is 10.2. The highest BCUT2D eigenvalue weighted by atomic mass is 28.4. The lowest BCUT2D eigenvalue weighted by Gasteiger charge is -2.26. The Labute approximate surface area is 133 Å². The van der Waals surface area contributed by atoms with Crippen molar-refractivity contribution in [3.63, 3.8) is 0 Å². The van der Waals surface area contributed by atoms with Gasteiger partial charge < -0.3 is 4.43 Å². The zero-order valence-electron chi connectivity index (χ0n) is 14.6. The number of aldehydes is 1. The van der Waals surface area contributed by atoms with Crippen molar-refractivity contribution < 1.29 is 9.22 Å². The normalized spacial score (nSPS) is 11.9. The standard InChI is InChI=1S/C12H24OSi.C6H10O/c1-5-9-10-11-12-13-14(6-2,7-3)8-4;1-2-3-4-5-6-7/h9-12H,5-8H2,1-4H3;4-6H,2-3H2,1H3/b;5-4+. The van der Waals surface area contributed by atoms with Crippen LogP contribution in [0.1, 0.15) is 53.9 Å². The first-order valence-corrected chi connectivity index (χ1v) is 10.8. The van der Waals surface area contributed by atoms with Gasteiger partial charge in [0.25, 0.3) is 0 Å². The molecule has 0 aliphatic carbocycles. The highest BCUT2D eigenvalue weighted by molar-refractivity contribution is 6.73. The van der Waals surface area contributed by atoms with E-state index in [0.29, 0.717) is 0 Å². The molecule has 21 heavy (non-hydrogen) atoms. The molecule has 0 aromatic heterocycles. The third kappa shape index (κ3) is 13.6. The summed E-state index contributed by atoms with van der Waals surface area (Å²) < 4.78 is 5.93. The van der Waals surface area contributed by atoms with E-state index in [0.717, 1.165) is 25.5 Å². The average molecular weight is 311 g/mol. The van der Waals surface area contributed by atoms with Crippen molar-refractivity contribution in [1.82, 2.24) is 0 Å². The lowest BCUT2D eigenvalue weighted by Crippen LogP contribution is -2.33. The summed E-state index contributed by atoms with van der Waals surface area (Å²) in [4.78, 5) is 9.59. The van der Waals surface area contributed by atoms with Crippen molar-refractivity contribution >= 4 is 14.6 Å². The van der Waals surface area contributed by atoms with Crippen LogP contribution in [0.4, 0.5) is 0 Å². The summed E-state index contributed by atoms with van der Waals surface area (Å²) in [6, 6.07) is 3.63. The summed E-state index contributed by atoms with van der Waals surface area (Å²) >= 11 is 0. The smallest absolute Gasteiger partial charge is 0.249 e. The molecule has 122 valence electrons. The van der Waals surface area contributed by atoms with Gasteiger partial charge in [-0.3, -0.25) is 4.79 Å². The maximum Gasteiger partial charge on any atom is 0.249 e. The number of hydrogen-bond acceptors (Lipinski definition) is 2. The van der Waals surface area contributed by atoms with Crippen LogP contribution in [0, 0.1) is 0 Å². The van der Waals surface area contributed by atoms with Crippen LogP contribution in [0.3, 0.4) is 0 Å². The van der Waals surface area contributed by atoms with E-state index in [2.05, 4.69) is 46.8 Å². The van der Waals surface area contributed by atoms with Gasteiger partial charge in [-0.05, 0) is 43.1 Å². The van der Waals surface area contributed by atoms with E-state index in [1.54, 1.807) is 0 Å². The van der Waals surface area contributed by atoms with Crippen molar-refractivity contribution in [3.05, 3.63) is 36.6 Å². The molecule has 0 unspecified atom stereocenters. The third-order valence-electron chi connectivity index (χ3n) is 3.48. The summed E-state index contributed by atoms with van der Waals surface area (Å²) in [7, 11) is -1.40. The van der Waals surface area contributed by atoms with E-state index in [9.17, 15) is 4.79 Å². The highest BCUT2D eigenvalue weighted by Gasteiger charge is 2.28. The predicted molar refractivity (Wildman–Crippen MR) is 97.0 cm³/mol. The number of rotatable bonds is 10. The predicted octanol–water partition coefficient (Wildman–Crippen LogP) is 6.03. The lowest BCUT2D eigenvalue weighted by molar-refractivity contribution is -0.104. The summed E-state index contributed by atoms with van der Waals surface area (Å²) in [6.07, 6.45) is 15.5. The molecule has 2 nitrogen and oxygen atoms in total. The molecular weight excluding hydrogens is 276 g/mol. The molecule has 0 aromatic rings. The molecule has 0 heterocycles. The molecular formula is C18H34O2Si. The van der Waals surface area contributed by atoms with Crippen LogP contribution in [0.5, 0.6) is 0 Å². The number of unbranched alkanes of at least 4 members (excludes halogenated alkanes) is 1. The molecule has 0 aliphatic rings. The molecule has 0 bridgehead atoms. The quantitative estimate of drug-likeness (QED) is 0.162. The van der Waals surface area contributed by atoms with Gasteiger partial charge in [0, 0.05) is 0 Å². The number of carbonyl (C=O) groups excluding carboxylic acids is 1. The van der Waals surface area contributed by atoms with Gasteiger partial charge in [-0.15, -0.1) is 0 Å². The van der Waals surface area contributed by atoms with Gasteiger partial charge in [-0.2, -0.15) is 0 Å². The maximum atomic E-state index is 9.59. The summed E-state index contributed by atoms with van der Waals surface area (Å²) in [5, 5.41) is 0. The summed E-state index contributed by atoms with van der Waals surface area (Å²) in [6.45, 7) is 10.9. The molecule has 0 radical (unpaired) electrons. The van der Waals surface area contributed by atoms with Crippen LogP contribution < -0.4 is 0 Å². The van der Waals surface area contributed by atoms with Crippen LogP contribution in [0.25, 0.3) is 0 Å². The van der Waals surface area contributed by atoms with Crippen molar-refractivity contribution in [2.45, 2.75) is 72.0 Å². The Bertz CT molecular complexity index is 294. The minimum Gasteiger partial charge on any atom is -0.549 e. The number of allylic oxidation sites excluding steroid dienone is 5. The second kappa shape index (κ2) is 17.0. The Morgan fingerprint density at radius 2 is 1.48 bits per heavy atom. The molecule has 3 heteroatoms. The maximum absolute atomic E-state index is 9.59. The molecule has 0 spiro atoms. The van der Waals surface area contributed by atoms with Gasteiger partial charge in [-0.1, -0.05) is 59.3 Å². The van der Waals surface area contributed by atoms with E-state index >= 15 is 0 Å². The zero-order valence-corrected chi connectivity index (χ0v) is 15.6. The van der Waals surface area contributed by atoms with Crippen molar-refractivity contribution in [2.24, 2.45) is 0 Å². The first kappa shape index (κ1) is 22.2. The lowest BCUT2D eigenvalue weighted by atomic mass is 10.3. The van der Waals surface area contributed by atoms with Gasteiger partial charge in [0.05, 0.1) is 6.26 Å². The van der Waals surface area contributed by atoms with Gasteiger partial charge in [0.1, 0.15) is 6.29 Å². The van der Waals surface area contributed by atoms with Crippen LogP contribution in [-0.4, -0.2) is 14.6 Å². The Morgan fingerprint density at radius 1 is 0.857 bits per heavy atom. The molecule has 0 amide bonds. The van der Waals surface area contributed by atoms with Crippen molar-refractivity contribution in [3.8, 4) is 0 Å². The third-order valence-corrected chi connectivity index (χ3v) is 7.98. The Kier molecular flexibility index (Phi) is 17.9. The SMILES string of the molecule is CCC/C=C/C=O.CCC=CC=CO[Si](CC)(CC)CC. The molecule has 0 aromatic carbocycles. The molecule has 0 saturated heterocycles. The second-order valence-corrected chi connectivity index (χ2v) is 9.60. The Hall–Kier alpha value is -1.09. The first-order valence-electron chi connectivity index (χ1n) is 8.25. The zero-order chi connectivity index (χ0) is 16.4. The van der Waals surface area contributed by atoms with Crippen molar-refractivity contribution in [2.75, 3.05) is 0 Å². The van der Waals surface area contributed by atoms with E-state index < -0.39 is 8.32 Å². The Balaban J connectivity index is 0. The number of carbonyl (C=O) groups is 1. The van der Waals surface area contributed by atoms with Crippen LogP contribution in [-0.2, 0) is 9.22 Å². The highest BCUT2D eigenvalue weighted by Crippen LogP contribution is 2.21. The molecule has 0 rings (SSSR count). The van der Waals surface area contributed by atoms with Crippen LogP contribution in [0.15, 0.2) is 36.6 Å². The molecule has 0 aliphatic heterocycles. The van der Waals surface area contributed by atoms with Gasteiger partial charge >= 0.3 is 0 Å². The van der Waals surface area contributed by atoms with E-state index in [-0.39, 0.29) is 0 Å².